The van der Waals surface area contributed by atoms with Crippen molar-refractivity contribution in [3.63, 3.8) is 0 Å². The van der Waals surface area contributed by atoms with Gasteiger partial charge >= 0.3 is 0 Å². The van der Waals surface area contributed by atoms with E-state index in [0.29, 0.717) is 17.9 Å². The van der Waals surface area contributed by atoms with Gasteiger partial charge in [-0.1, -0.05) is 58.4 Å². The van der Waals surface area contributed by atoms with E-state index in [2.05, 4.69) is 15.9 Å². The number of carbonyl (C=O) groups excluding carboxylic acids is 2. The van der Waals surface area contributed by atoms with Crippen LogP contribution in [0.3, 0.4) is 0 Å². The summed E-state index contributed by atoms with van der Waals surface area (Å²) in [5.74, 6) is -0.868. The predicted octanol–water partition coefficient (Wildman–Crippen LogP) is 5.47. The predicted molar refractivity (Wildman–Crippen MR) is 126 cm³/mol. The summed E-state index contributed by atoms with van der Waals surface area (Å²) in [4.78, 5) is 27.7. The minimum Gasteiger partial charge on any atom is -0.507 e. The molecule has 1 unspecified atom stereocenters. The van der Waals surface area contributed by atoms with Crippen molar-refractivity contribution in [3.8, 4) is 5.75 Å². The third-order valence-electron chi connectivity index (χ3n) is 5.34. The highest BCUT2D eigenvalue weighted by Gasteiger charge is 2.46. The molecular weight excluding hydrogens is 470 g/mol. The van der Waals surface area contributed by atoms with Crippen LogP contribution in [0.1, 0.15) is 29.7 Å². The molecule has 6 heteroatoms. The lowest BCUT2D eigenvalue weighted by molar-refractivity contribution is -0.140. The molecule has 3 aromatic rings. The lowest BCUT2D eigenvalue weighted by Gasteiger charge is -2.25. The van der Waals surface area contributed by atoms with Gasteiger partial charge < -0.3 is 14.7 Å². The Morgan fingerprint density at radius 3 is 2.38 bits per heavy atom. The Labute approximate surface area is 195 Å². The molecule has 1 saturated heterocycles. The van der Waals surface area contributed by atoms with E-state index >= 15 is 0 Å². The molecule has 5 nitrogen and oxygen atoms in total. The quantitative estimate of drug-likeness (QED) is 0.282. The molecule has 4 rings (SSSR count). The van der Waals surface area contributed by atoms with Crippen LogP contribution in [0.4, 0.5) is 0 Å². The van der Waals surface area contributed by atoms with Crippen LogP contribution in [-0.2, 0) is 16.1 Å². The second-order valence-electron chi connectivity index (χ2n) is 7.42. The van der Waals surface area contributed by atoms with Crippen molar-refractivity contribution in [1.29, 1.82) is 0 Å². The van der Waals surface area contributed by atoms with Gasteiger partial charge in [0.25, 0.3) is 11.7 Å². The molecule has 0 spiro atoms. The van der Waals surface area contributed by atoms with Gasteiger partial charge in [-0.2, -0.15) is 0 Å². The zero-order valence-electron chi connectivity index (χ0n) is 17.5. The largest absolute Gasteiger partial charge is 0.507 e. The van der Waals surface area contributed by atoms with Gasteiger partial charge in [-0.25, -0.2) is 0 Å². The Hall–Kier alpha value is -3.38. The van der Waals surface area contributed by atoms with Crippen molar-refractivity contribution in [1.82, 2.24) is 4.90 Å². The van der Waals surface area contributed by atoms with Crippen LogP contribution >= 0.6 is 15.9 Å². The Balaban J connectivity index is 1.82. The minimum absolute atomic E-state index is 0.0770. The van der Waals surface area contributed by atoms with E-state index in [4.69, 9.17) is 4.74 Å². The van der Waals surface area contributed by atoms with Crippen LogP contribution in [0.5, 0.6) is 5.75 Å². The molecule has 0 aliphatic carbocycles. The summed E-state index contributed by atoms with van der Waals surface area (Å²) in [6.45, 7) is 2.67. The third kappa shape index (κ3) is 4.32. The average molecular weight is 492 g/mol. The molecule has 32 heavy (non-hydrogen) atoms. The van der Waals surface area contributed by atoms with Gasteiger partial charge in [0.2, 0.25) is 0 Å². The van der Waals surface area contributed by atoms with E-state index in [1.165, 1.54) is 4.90 Å². The van der Waals surface area contributed by atoms with Crippen LogP contribution in [0, 0.1) is 0 Å². The fourth-order valence-corrected chi connectivity index (χ4v) is 4.29. The normalized spacial score (nSPS) is 17.6. The summed E-state index contributed by atoms with van der Waals surface area (Å²) >= 11 is 3.47. The van der Waals surface area contributed by atoms with Crippen molar-refractivity contribution in [2.24, 2.45) is 0 Å². The number of benzene rings is 3. The molecule has 1 heterocycles. The van der Waals surface area contributed by atoms with Crippen LogP contribution in [-0.4, -0.2) is 28.3 Å². The number of carbonyl (C=O) groups is 2. The Bertz CT molecular complexity index is 1170. The molecule has 1 fully saturated rings. The third-order valence-corrected chi connectivity index (χ3v) is 5.83. The number of aliphatic hydroxyl groups is 1. The monoisotopic (exact) mass is 491 g/mol. The molecule has 1 N–H and O–H groups in total. The molecular formula is C26H22BrNO4. The fraction of sp³-hybridized carbons (Fsp3) is 0.154. The van der Waals surface area contributed by atoms with E-state index < -0.39 is 17.7 Å². The van der Waals surface area contributed by atoms with Crippen molar-refractivity contribution in [2.75, 3.05) is 6.61 Å². The number of hydrogen-bond donors (Lipinski definition) is 1. The first kappa shape index (κ1) is 21.8. The number of hydrogen-bond acceptors (Lipinski definition) is 4. The van der Waals surface area contributed by atoms with Gasteiger partial charge in [-0.3, -0.25) is 9.59 Å². The van der Waals surface area contributed by atoms with E-state index in [1.807, 2.05) is 61.5 Å². The SMILES string of the molecule is CCOc1ccc(C(O)=C2C(=O)C(=O)N(Cc3ccccc3)C2c2cccc(Br)c2)cc1. The van der Waals surface area contributed by atoms with Gasteiger partial charge in [0, 0.05) is 16.6 Å². The Morgan fingerprint density at radius 2 is 1.72 bits per heavy atom. The number of rotatable bonds is 6. The number of amides is 1. The Kier molecular flexibility index (Phi) is 6.42. The van der Waals surface area contributed by atoms with Gasteiger partial charge in [0.1, 0.15) is 11.5 Å². The summed E-state index contributed by atoms with van der Waals surface area (Å²) in [6.07, 6.45) is 0. The summed E-state index contributed by atoms with van der Waals surface area (Å²) in [7, 11) is 0. The maximum atomic E-state index is 13.1. The number of Topliss-reactive ketones (excluding diaryl/α,β-unsaturated/α-hetero) is 1. The summed E-state index contributed by atoms with van der Waals surface area (Å²) in [5, 5.41) is 11.1. The summed E-state index contributed by atoms with van der Waals surface area (Å²) < 4.78 is 6.28. The smallest absolute Gasteiger partial charge is 0.295 e. The molecule has 3 aromatic carbocycles. The fourth-order valence-electron chi connectivity index (χ4n) is 3.88. The molecule has 0 bridgehead atoms. The summed E-state index contributed by atoms with van der Waals surface area (Å²) in [6, 6.07) is 23.0. The number of aliphatic hydroxyl groups excluding tert-OH is 1. The highest BCUT2D eigenvalue weighted by Crippen LogP contribution is 2.41. The molecule has 0 aromatic heterocycles. The highest BCUT2D eigenvalue weighted by atomic mass is 79.9. The molecule has 0 radical (unpaired) electrons. The van der Waals surface area contributed by atoms with Crippen LogP contribution < -0.4 is 4.74 Å². The van der Waals surface area contributed by atoms with Crippen molar-refractivity contribution < 1.29 is 19.4 Å². The molecule has 1 aliphatic rings. The zero-order chi connectivity index (χ0) is 22.7. The van der Waals surface area contributed by atoms with Crippen molar-refractivity contribution >= 4 is 33.4 Å². The van der Waals surface area contributed by atoms with Gasteiger partial charge in [-0.15, -0.1) is 0 Å². The maximum Gasteiger partial charge on any atom is 0.295 e. The van der Waals surface area contributed by atoms with Crippen molar-refractivity contribution in [3.05, 3.63) is 106 Å². The minimum atomic E-state index is -0.709. The van der Waals surface area contributed by atoms with Gasteiger partial charge in [0.05, 0.1) is 18.2 Å². The van der Waals surface area contributed by atoms with Crippen LogP contribution in [0.25, 0.3) is 5.76 Å². The van der Waals surface area contributed by atoms with E-state index in [1.54, 1.807) is 24.3 Å². The summed E-state index contributed by atoms with van der Waals surface area (Å²) in [5.41, 5.74) is 2.16. The number of likely N-dealkylation sites (tertiary alicyclic amines) is 1. The lowest BCUT2D eigenvalue weighted by Crippen LogP contribution is -2.29. The van der Waals surface area contributed by atoms with E-state index in [9.17, 15) is 14.7 Å². The number of halogens is 1. The lowest BCUT2D eigenvalue weighted by atomic mass is 9.95. The first-order chi connectivity index (χ1) is 15.5. The number of nitrogens with zero attached hydrogens (tertiary/aromatic N) is 1. The average Bonchev–Trinajstić information content (AvgIpc) is 3.05. The standard InChI is InChI=1S/C26H22BrNO4/c1-2-32-21-13-11-18(12-14-21)24(29)22-23(19-9-6-10-20(27)15-19)28(26(31)25(22)30)16-17-7-4-3-5-8-17/h3-15,23,29H,2,16H2,1H3. The first-order valence-electron chi connectivity index (χ1n) is 10.3. The second kappa shape index (κ2) is 9.40. The van der Waals surface area contributed by atoms with Crippen LogP contribution in [0.15, 0.2) is 88.9 Å². The zero-order valence-corrected chi connectivity index (χ0v) is 19.1. The molecule has 1 atom stereocenters. The molecule has 1 aliphatic heterocycles. The van der Waals surface area contributed by atoms with Gasteiger partial charge in [-0.05, 0) is 54.4 Å². The maximum absolute atomic E-state index is 13.1. The number of ether oxygens (including phenoxy) is 1. The molecule has 1 amide bonds. The van der Waals surface area contributed by atoms with Crippen LogP contribution in [0.2, 0.25) is 0 Å². The van der Waals surface area contributed by atoms with E-state index in [-0.39, 0.29) is 17.9 Å². The van der Waals surface area contributed by atoms with Crippen molar-refractivity contribution in [2.45, 2.75) is 19.5 Å². The van der Waals surface area contributed by atoms with E-state index in [0.717, 1.165) is 15.6 Å². The molecule has 162 valence electrons. The molecule has 0 saturated carbocycles. The number of ketones is 1. The highest BCUT2D eigenvalue weighted by molar-refractivity contribution is 9.10. The Morgan fingerprint density at radius 1 is 1.00 bits per heavy atom. The topological polar surface area (TPSA) is 66.8 Å². The second-order valence-corrected chi connectivity index (χ2v) is 8.34. The first-order valence-corrected chi connectivity index (χ1v) is 11.1. The van der Waals surface area contributed by atoms with Gasteiger partial charge in [0.15, 0.2) is 0 Å².